The lowest BCUT2D eigenvalue weighted by Crippen LogP contribution is -2.39. The molecule has 1 aromatic carbocycles. The Balaban J connectivity index is 0.00000289. The first-order valence-electron chi connectivity index (χ1n) is 5.02. The number of hydrogen-bond donors (Lipinski definition) is 2. The molecular formula is C10H14Cl2N2O3S. The van der Waals surface area contributed by atoms with E-state index in [1.54, 1.807) is 0 Å². The summed E-state index contributed by atoms with van der Waals surface area (Å²) in [5, 5.41) is 2.84. The van der Waals surface area contributed by atoms with Crippen molar-refractivity contribution in [3.63, 3.8) is 0 Å². The number of nitrogens with one attached hydrogen (secondary N) is 2. The molecule has 1 aromatic rings. The van der Waals surface area contributed by atoms with Crippen LogP contribution in [0.15, 0.2) is 29.2 Å². The summed E-state index contributed by atoms with van der Waals surface area (Å²) in [6.45, 7) is 2.29. The zero-order chi connectivity index (χ0) is 12.9. The van der Waals surface area contributed by atoms with Crippen LogP contribution < -0.4 is 10.0 Å². The van der Waals surface area contributed by atoms with Crippen LogP contribution in [0.25, 0.3) is 0 Å². The molecule has 0 unspecified atom stereocenters. The third-order valence-electron chi connectivity index (χ3n) is 1.89. The second kappa shape index (κ2) is 7.45. The monoisotopic (exact) mass is 312 g/mol. The van der Waals surface area contributed by atoms with Crippen LogP contribution in [0, 0.1) is 0 Å². The van der Waals surface area contributed by atoms with Gasteiger partial charge >= 0.3 is 6.03 Å². The van der Waals surface area contributed by atoms with E-state index in [-0.39, 0.29) is 17.3 Å². The average molecular weight is 313 g/mol. The van der Waals surface area contributed by atoms with Gasteiger partial charge in [-0.05, 0) is 30.7 Å². The number of benzene rings is 1. The van der Waals surface area contributed by atoms with E-state index in [1.807, 2.05) is 11.6 Å². The van der Waals surface area contributed by atoms with Crippen molar-refractivity contribution >= 4 is 40.1 Å². The molecular weight excluding hydrogens is 299 g/mol. The number of halogens is 2. The van der Waals surface area contributed by atoms with E-state index in [4.69, 9.17) is 11.6 Å². The van der Waals surface area contributed by atoms with Crippen LogP contribution in [0.5, 0.6) is 0 Å². The summed E-state index contributed by atoms with van der Waals surface area (Å²) in [6, 6.07) is 4.82. The first kappa shape index (κ1) is 17.0. The van der Waals surface area contributed by atoms with Gasteiger partial charge in [-0.3, -0.25) is 0 Å². The van der Waals surface area contributed by atoms with Gasteiger partial charge in [-0.25, -0.2) is 17.9 Å². The maximum atomic E-state index is 11.7. The van der Waals surface area contributed by atoms with Crippen molar-refractivity contribution < 1.29 is 13.2 Å². The number of hydrogen-bond acceptors (Lipinski definition) is 3. The van der Waals surface area contributed by atoms with Crippen molar-refractivity contribution in [2.45, 2.75) is 18.2 Å². The summed E-state index contributed by atoms with van der Waals surface area (Å²) < 4.78 is 25.3. The van der Waals surface area contributed by atoms with Gasteiger partial charge in [-0.1, -0.05) is 18.5 Å². The summed E-state index contributed by atoms with van der Waals surface area (Å²) >= 11 is 5.64. The second-order valence-electron chi connectivity index (χ2n) is 3.32. The Labute approximate surface area is 117 Å². The molecule has 5 nitrogen and oxygen atoms in total. The average Bonchev–Trinajstić information content (AvgIpc) is 2.26. The normalized spacial score (nSPS) is 10.3. The quantitative estimate of drug-likeness (QED) is 0.894. The fourth-order valence-corrected chi connectivity index (χ4v) is 2.12. The van der Waals surface area contributed by atoms with Crippen molar-refractivity contribution in [1.29, 1.82) is 0 Å². The molecule has 1 rings (SSSR count). The van der Waals surface area contributed by atoms with Crippen molar-refractivity contribution in [2.24, 2.45) is 0 Å². The first-order chi connectivity index (χ1) is 7.95. The molecule has 0 aliphatic carbocycles. The van der Waals surface area contributed by atoms with Crippen LogP contribution in [0.4, 0.5) is 4.79 Å². The van der Waals surface area contributed by atoms with Gasteiger partial charge in [-0.15, -0.1) is 12.4 Å². The van der Waals surface area contributed by atoms with E-state index < -0.39 is 16.1 Å². The van der Waals surface area contributed by atoms with Gasteiger partial charge in [0.15, 0.2) is 0 Å². The molecule has 0 atom stereocenters. The highest BCUT2D eigenvalue weighted by Crippen LogP contribution is 2.13. The largest absolute Gasteiger partial charge is 0.337 e. The van der Waals surface area contributed by atoms with E-state index in [0.29, 0.717) is 11.6 Å². The fourth-order valence-electron chi connectivity index (χ4n) is 1.07. The van der Waals surface area contributed by atoms with Crippen molar-refractivity contribution in [2.75, 3.05) is 6.54 Å². The zero-order valence-electron chi connectivity index (χ0n) is 9.64. The van der Waals surface area contributed by atoms with Crippen LogP contribution >= 0.6 is 24.0 Å². The van der Waals surface area contributed by atoms with Crippen LogP contribution in [-0.4, -0.2) is 21.0 Å². The summed E-state index contributed by atoms with van der Waals surface area (Å²) in [4.78, 5) is 11.2. The molecule has 0 aliphatic rings. The molecule has 8 heteroatoms. The molecule has 18 heavy (non-hydrogen) atoms. The topological polar surface area (TPSA) is 75.3 Å². The molecule has 0 spiro atoms. The molecule has 0 heterocycles. The lowest BCUT2D eigenvalue weighted by molar-refractivity contribution is 0.246. The van der Waals surface area contributed by atoms with Crippen molar-refractivity contribution in [3.8, 4) is 0 Å². The van der Waals surface area contributed by atoms with Gasteiger partial charge in [-0.2, -0.15) is 0 Å². The summed E-state index contributed by atoms with van der Waals surface area (Å²) in [5.74, 6) is 0. The van der Waals surface area contributed by atoms with Gasteiger partial charge in [0.1, 0.15) is 0 Å². The molecule has 0 aliphatic heterocycles. The minimum atomic E-state index is -3.83. The predicted octanol–water partition coefficient (Wildman–Crippen LogP) is 2.16. The highest BCUT2D eigenvalue weighted by molar-refractivity contribution is 7.90. The molecule has 0 saturated carbocycles. The molecule has 0 aromatic heterocycles. The lowest BCUT2D eigenvalue weighted by Gasteiger charge is -2.07. The molecule has 2 amide bonds. The number of sulfonamides is 1. The Bertz CT molecular complexity index is 488. The first-order valence-corrected chi connectivity index (χ1v) is 6.88. The molecule has 102 valence electrons. The van der Waals surface area contributed by atoms with Gasteiger partial charge < -0.3 is 5.32 Å². The SMILES string of the molecule is CCCNC(=O)NS(=O)(=O)c1ccc(Cl)cc1.Cl. The van der Waals surface area contributed by atoms with Gasteiger partial charge in [0.25, 0.3) is 10.0 Å². The molecule has 0 bridgehead atoms. The Morgan fingerprint density at radius 3 is 2.33 bits per heavy atom. The minimum Gasteiger partial charge on any atom is -0.337 e. The summed E-state index contributed by atoms with van der Waals surface area (Å²) in [5.41, 5.74) is 0. The molecule has 2 N–H and O–H groups in total. The van der Waals surface area contributed by atoms with Crippen LogP contribution in [0.3, 0.4) is 0 Å². The molecule has 0 radical (unpaired) electrons. The summed E-state index contributed by atoms with van der Waals surface area (Å²) in [6.07, 6.45) is 0.731. The zero-order valence-corrected chi connectivity index (χ0v) is 12.0. The maximum absolute atomic E-state index is 11.7. The summed E-state index contributed by atoms with van der Waals surface area (Å²) in [7, 11) is -3.83. The van der Waals surface area contributed by atoms with Crippen molar-refractivity contribution in [1.82, 2.24) is 10.0 Å². The Kier molecular flexibility index (Phi) is 7.05. The van der Waals surface area contributed by atoms with Gasteiger partial charge in [0.05, 0.1) is 4.90 Å². The smallest absolute Gasteiger partial charge is 0.328 e. The Morgan fingerprint density at radius 1 is 1.28 bits per heavy atom. The standard InChI is InChI=1S/C10H13ClN2O3S.ClH/c1-2-7-12-10(14)13-17(15,16)9-5-3-8(11)4-6-9;/h3-6H,2,7H2,1H3,(H2,12,13,14);1H. The number of carbonyl (C=O) groups is 1. The van der Waals surface area contributed by atoms with E-state index >= 15 is 0 Å². The fraction of sp³-hybridized carbons (Fsp3) is 0.300. The minimum absolute atomic E-state index is 0. The number of urea groups is 1. The predicted molar refractivity (Wildman–Crippen MR) is 72.7 cm³/mol. The lowest BCUT2D eigenvalue weighted by atomic mass is 10.4. The number of carbonyl (C=O) groups excluding carboxylic acids is 1. The van der Waals surface area contributed by atoms with Gasteiger partial charge in [0.2, 0.25) is 0 Å². The molecule has 0 fully saturated rings. The molecule has 0 saturated heterocycles. The maximum Gasteiger partial charge on any atom is 0.328 e. The Morgan fingerprint density at radius 2 is 1.83 bits per heavy atom. The van der Waals surface area contributed by atoms with Crippen molar-refractivity contribution in [3.05, 3.63) is 29.3 Å². The highest BCUT2D eigenvalue weighted by Gasteiger charge is 2.16. The van der Waals surface area contributed by atoms with E-state index in [9.17, 15) is 13.2 Å². The van der Waals surface area contributed by atoms with Crippen LogP contribution in [0.2, 0.25) is 5.02 Å². The van der Waals surface area contributed by atoms with E-state index in [1.165, 1.54) is 24.3 Å². The van der Waals surface area contributed by atoms with Gasteiger partial charge in [0, 0.05) is 11.6 Å². The van der Waals surface area contributed by atoms with E-state index in [2.05, 4.69) is 5.32 Å². The van der Waals surface area contributed by atoms with Crippen LogP contribution in [0.1, 0.15) is 13.3 Å². The third-order valence-corrected chi connectivity index (χ3v) is 3.49. The van der Waals surface area contributed by atoms with E-state index in [0.717, 1.165) is 6.42 Å². The Hall–Kier alpha value is -0.980. The highest BCUT2D eigenvalue weighted by atomic mass is 35.5. The van der Waals surface area contributed by atoms with Crippen LogP contribution in [-0.2, 0) is 10.0 Å². The number of amides is 2. The second-order valence-corrected chi connectivity index (χ2v) is 5.43. The number of rotatable bonds is 4. The third kappa shape index (κ3) is 5.12.